The molecule has 0 saturated heterocycles. The minimum Gasteiger partial charge on any atom is -0.409 e. The van der Waals surface area contributed by atoms with Crippen molar-refractivity contribution in [2.75, 3.05) is 13.2 Å². The van der Waals surface area contributed by atoms with Crippen LogP contribution in [0.2, 0.25) is 0 Å². The lowest BCUT2D eigenvalue weighted by atomic mass is 10.00. The van der Waals surface area contributed by atoms with Gasteiger partial charge in [-0.2, -0.15) is 0 Å². The molecule has 0 aliphatic rings. The Hall–Kier alpha value is -1.66. The van der Waals surface area contributed by atoms with Gasteiger partial charge in [0.15, 0.2) is 5.84 Å². The number of hydrogen-bond acceptors (Lipinski definition) is 4. The SMILES string of the molecule is CCCC(CCO)CNCc1cccc(/C(N)=N/O)c1F. The van der Waals surface area contributed by atoms with Crippen LogP contribution >= 0.6 is 0 Å². The average molecular weight is 297 g/mol. The van der Waals surface area contributed by atoms with Crippen molar-refractivity contribution in [2.45, 2.75) is 32.7 Å². The zero-order valence-electron chi connectivity index (χ0n) is 12.3. The van der Waals surface area contributed by atoms with E-state index in [0.29, 0.717) is 18.0 Å². The summed E-state index contributed by atoms with van der Waals surface area (Å²) in [6.07, 6.45) is 2.83. The molecule has 0 radical (unpaired) electrons. The minimum atomic E-state index is -0.477. The molecule has 118 valence electrons. The lowest BCUT2D eigenvalue weighted by Crippen LogP contribution is -2.24. The fourth-order valence-electron chi connectivity index (χ4n) is 2.32. The Kier molecular flexibility index (Phi) is 7.71. The van der Waals surface area contributed by atoms with E-state index in [1.54, 1.807) is 12.1 Å². The quantitative estimate of drug-likeness (QED) is 0.242. The Morgan fingerprint density at radius 2 is 2.19 bits per heavy atom. The highest BCUT2D eigenvalue weighted by Gasteiger charge is 2.12. The number of hydrogen-bond donors (Lipinski definition) is 4. The molecule has 5 N–H and O–H groups in total. The normalized spacial score (nSPS) is 13.4. The maximum atomic E-state index is 14.2. The van der Waals surface area contributed by atoms with E-state index in [4.69, 9.17) is 16.0 Å². The zero-order valence-corrected chi connectivity index (χ0v) is 12.3. The van der Waals surface area contributed by atoms with Gasteiger partial charge in [0.1, 0.15) is 5.82 Å². The lowest BCUT2D eigenvalue weighted by Gasteiger charge is -2.16. The molecule has 21 heavy (non-hydrogen) atoms. The molecule has 0 aromatic heterocycles. The van der Waals surface area contributed by atoms with Crippen LogP contribution in [0, 0.1) is 11.7 Å². The van der Waals surface area contributed by atoms with Crippen molar-refractivity contribution in [2.24, 2.45) is 16.8 Å². The summed E-state index contributed by atoms with van der Waals surface area (Å²) >= 11 is 0. The third-order valence-electron chi connectivity index (χ3n) is 3.45. The largest absolute Gasteiger partial charge is 0.409 e. The van der Waals surface area contributed by atoms with Crippen LogP contribution < -0.4 is 11.1 Å². The van der Waals surface area contributed by atoms with Crippen molar-refractivity contribution in [3.05, 3.63) is 35.1 Å². The smallest absolute Gasteiger partial charge is 0.173 e. The second kappa shape index (κ2) is 9.31. The van der Waals surface area contributed by atoms with Crippen molar-refractivity contribution in [1.82, 2.24) is 5.32 Å². The van der Waals surface area contributed by atoms with Crippen LogP contribution in [-0.4, -0.2) is 29.3 Å². The topological polar surface area (TPSA) is 90.9 Å². The van der Waals surface area contributed by atoms with E-state index in [1.165, 1.54) is 6.07 Å². The Morgan fingerprint density at radius 1 is 1.43 bits per heavy atom. The highest BCUT2D eigenvalue weighted by molar-refractivity contribution is 5.97. The molecule has 1 atom stereocenters. The second-order valence-electron chi connectivity index (χ2n) is 5.06. The summed E-state index contributed by atoms with van der Waals surface area (Å²) in [5.41, 5.74) is 6.00. The van der Waals surface area contributed by atoms with Crippen LogP contribution in [0.1, 0.15) is 37.3 Å². The highest BCUT2D eigenvalue weighted by Crippen LogP contribution is 2.14. The molecule has 1 unspecified atom stereocenters. The van der Waals surface area contributed by atoms with Gasteiger partial charge in [-0.25, -0.2) is 4.39 Å². The molecule has 1 rings (SSSR count). The average Bonchev–Trinajstić information content (AvgIpc) is 2.48. The Labute approximate surface area is 124 Å². The molecule has 5 nitrogen and oxygen atoms in total. The number of aliphatic hydroxyl groups is 1. The van der Waals surface area contributed by atoms with E-state index in [0.717, 1.165) is 25.8 Å². The summed E-state index contributed by atoms with van der Waals surface area (Å²) in [5, 5.41) is 23.7. The molecule has 0 aliphatic heterocycles. The van der Waals surface area contributed by atoms with Crippen LogP contribution in [0.25, 0.3) is 0 Å². The number of amidine groups is 1. The van der Waals surface area contributed by atoms with Gasteiger partial charge < -0.3 is 21.4 Å². The number of oxime groups is 1. The van der Waals surface area contributed by atoms with E-state index in [-0.39, 0.29) is 18.0 Å². The van der Waals surface area contributed by atoms with Crippen molar-refractivity contribution in [3.8, 4) is 0 Å². The molecular formula is C15H24FN3O2. The Bertz CT molecular complexity index is 460. The van der Waals surface area contributed by atoms with Crippen LogP contribution in [-0.2, 0) is 6.54 Å². The summed E-state index contributed by atoms with van der Waals surface area (Å²) in [4.78, 5) is 0. The number of benzene rings is 1. The molecule has 6 heteroatoms. The third kappa shape index (κ3) is 5.32. The molecule has 0 heterocycles. The number of aliphatic hydroxyl groups excluding tert-OH is 1. The maximum Gasteiger partial charge on any atom is 0.173 e. The molecule has 0 amide bonds. The predicted molar refractivity (Wildman–Crippen MR) is 80.7 cm³/mol. The van der Waals surface area contributed by atoms with Gasteiger partial charge in [0, 0.05) is 18.7 Å². The van der Waals surface area contributed by atoms with Gasteiger partial charge in [0.2, 0.25) is 0 Å². The predicted octanol–water partition coefficient (Wildman–Crippen LogP) is 1.81. The van der Waals surface area contributed by atoms with Gasteiger partial charge in [-0.15, -0.1) is 0 Å². The molecule has 1 aromatic rings. The summed E-state index contributed by atoms with van der Waals surface area (Å²) in [6.45, 7) is 3.36. The molecule has 0 fully saturated rings. The first kappa shape index (κ1) is 17.4. The fraction of sp³-hybridized carbons (Fsp3) is 0.533. The first-order valence-electron chi connectivity index (χ1n) is 7.20. The second-order valence-corrected chi connectivity index (χ2v) is 5.06. The van der Waals surface area contributed by atoms with E-state index >= 15 is 0 Å². The summed E-state index contributed by atoms with van der Waals surface area (Å²) < 4.78 is 14.2. The van der Waals surface area contributed by atoms with Crippen LogP contribution in [0.15, 0.2) is 23.4 Å². The zero-order chi connectivity index (χ0) is 15.7. The maximum absolute atomic E-state index is 14.2. The lowest BCUT2D eigenvalue weighted by molar-refractivity contribution is 0.248. The number of nitrogens with two attached hydrogens (primary N) is 1. The minimum absolute atomic E-state index is 0.0947. The van der Waals surface area contributed by atoms with Gasteiger partial charge in [0.25, 0.3) is 0 Å². The van der Waals surface area contributed by atoms with Gasteiger partial charge in [-0.1, -0.05) is 30.6 Å². The summed E-state index contributed by atoms with van der Waals surface area (Å²) in [5.74, 6) is -0.330. The van der Waals surface area contributed by atoms with Crippen LogP contribution in [0.4, 0.5) is 4.39 Å². The number of nitrogens with one attached hydrogen (secondary N) is 1. The van der Waals surface area contributed by atoms with E-state index in [9.17, 15) is 4.39 Å². The fourth-order valence-corrected chi connectivity index (χ4v) is 2.32. The van der Waals surface area contributed by atoms with E-state index < -0.39 is 5.82 Å². The Balaban J connectivity index is 2.63. The standard InChI is InChI=1S/C15H24FN3O2/c1-2-4-11(7-8-20)9-18-10-12-5-3-6-13(14(12)16)15(17)19-21/h3,5-6,11,18,20-21H,2,4,7-10H2,1H3,(H2,17,19). The molecule has 0 saturated carbocycles. The van der Waals surface area contributed by atoms with Gasteiger partial charge in [0.05, 0.1) is 5.56 Å². The monoisotopic (exact) mass is 297 g/mol. The van der Waals surface area contributed by atoms with Crippen molar-refractivity contribution >= 4 is 5.84 Å². The van der Waals surface area contributed by atoms with Gasteiger partial charge in [-0.3, -0.25) is 0 Å². The van der Waals surface area contributed by atoms with E-state index in [1.807, 2.05) is 0 Å². The molecule has 1 aromatic carbocycles. The summed E-state index contributed by atoms with van der Waals surface area (Å²) in [7, 11) is 0. The Morgan fingerprint density at radius 3 is 2.81 bits per heavy atom. The molecular weight excluding hydrogens is 273 g/mol. The van der Waals surface area contributed by atoms with Crippen LogP contribution in [0.3, 0.4) is 0 Å². The number of halogens is 1. The molecule has 0 aliphatic carbocycles. The first-order chi connectivity index (χ1) is 10.1. The number of nitrogens with zero attached hydrogens (tertiary/aromatic N) is 1. The highest BCUT2D eigenvalue weighted by atomic mass is 19.1. The van der Waals surface area contributed by atoms with Crippen molar-refractivity contribution < 1.29 is 14.7 Å². The first-order valence-corrected chi connectivity index (χ1v) is 7.20. The van der Waals surface area contributed by atoms with Crippen molar-refractivity contribution in [3.63, 3.8) is 0 Å². The van der Waals surface area contributed by atoms with Gasteiger partial charge >= 0.3 is 0 Å². The third-order valence-corrected chi connectivity index (χ3v) is 3.45. The number of rotatable bonds is 9. The van der Waals surface area contributed by atoms with Gasteiger partial charge in [-0.05, 0) is 31.4 Å². The molecule has 0 spiro atoms. The molecule has 0 bridgehead atoms. The summed E-state index contributed by atoms with van der Waals surface area (Å²) in [6, 6.07) is 4.81. The van der Waals surface area contributed by atoms with Crippen molar-refractivity contribution in [1.29, 1.82) is 0 Å². The van der Waals surface area contributed by atoms with Crippen LogP contribution in [0.5, 0.6) is 0 Å². The van der Waals surface area contributed by atoms with E-state index in [2.05, 4.69) is 17.4 Å².